The molecule has 0 unspecified atom stereocenters. The van der Waals surface area contributed by atoms with Crippen LogP contribution in [0, 0.1) is 23.0 Å². The molecule has 1 aliphatic carbocycles. The quantitative estimate of drug-likeness (QED) is 0.0674. The van der Waals surface area contributed by atoms with Crippen LogP contribution in [0.5, 0.6) is 17.2 Å². The number of aromatic nitrogens is 1. The van der Waals surface area contributed by atoms with Gasteiger partial charge < -0.3 is 40.1 Å². The highest BCUT2D eigenvalue weighted by molar-refractivity contribution is 6.17. The zero-order valence-corrected chi connectivity index (χ0v) is 38.9. The molecule has 5 amide bonds. The van der Waals surface area contributed by atoms with Gasteiger partial charge in [0.2, 0.25) is 23.6 Å². The number of carbonyl (C=O) groups excluding carboxylic acids is 5. The van der Waals surface area contributed by atoms with Crippen LogP contribution in [0.1, 0.15) is 54.4 Å². The Labute approximate surface area is 403 Å². The molecule has 4 aromatic carbocycles. The fourth-order valence-electron chi connectivity index (χ4n) is 10.1. The number of methoxy groups -OCH3 is 1. The number of fused-ring (bicyclic) bond motifs is 2. The van der Waals surface area contributed by atoms with E-state index < -0.39 is 40.8 Å². The van der Waals surface area contributed by atoms with Crippen LogP contribution in [0.3, 0.4) is 0 Å². The average Bonchev–Trinajstić information content (AvgIpc) is 4.12. The predicted octanol–water partition coefficient (Wildman–Crippen LogP) is 6.38. The standard InChI is InChI=1S/C52H55F2N9O7/c1-69-45-28-38-41(55-19-14-44(38)70-36-8-6-35(7-9-36)58-51(68)52(17-18-52)50(67)57-34-4-2-33(53)3-5-34)29-43(45)62-21-15-32(16-22-62)30-61-26-24-60(25-27-61)23-20-56-47-39-31-63(42-12-13-46(64)59-48(42)65)49(66)37(39)10-11-40(47)54/h2-11,14,19,28-29,32,42,56H,12-13,15-18,20-27,30-31H2,1H3,(H,57,67)(H,58,68)(H,59,64,65)/t42-/m0/s1. The fourth-order valence-corrected chi connectivity index (χ4v) is 10.1. The van der Waals surface area contributed by atoms with Crippen LogP contribution < -0.4 is 35.6 Å². The number of pyridine rings is 1. The van der Waals surface area contributed by atoms with Crippen LogP contribution in [0.2, 0.25) is 0 Å². The molecule has 0 bridgehead atoms. The van der Waals surface area contributed by atoms with Crippen LogP contribution in [0.25, 0.3) is 10.9 Å². The van der Waals surface area contributed by atoms with Crippen molar-refractivity contribution in [1.29, 1.82) is 0 Å². The number of ether oxygens (including phenoxy) is 2. The van der Waals surface area contributed by atoms with Crippen LogP contribution >= 0.6 is 0 Å². The highest BCUT2D eigenvalue weighted by atomic mass is 19.1. The minimum Gasteiger partial charge on any atom is -0.495 e. The van der Waals surface area contributed by atoms with Gasteiger partial charge in [-0.05, 0) is 117 Å². The molecule has 1 saturated carbocycles. The van der Waals surface area contributed by atoms with Crippen LogP contribution in [0.15, 0.2) is 85.1 Å². The Morgan fingerprint density at radius 1 is 0.814 bits per heavy atom. The highest BCUT2D eigenvalue weighted by Gasteiger charge is 2.56. The lowest BCUT2D eigenvalue weighted by molar-refractivity contribution is -0.137. The van der Waals surface area contributed by atoms with Gasteiger partial charge in [-0.25, -0.2) is 8.78 Å². The summed E-state index contributed by atoms with van der Waals surface area (Å²) in [6.07, 6.45) is 5.05. The van der Waals surface area contributed by atoms with Crippen molar-refractivity contribution in [2.75, 3.05) is 86.9 Å². The molecule has 1 atom stereocenters. The van der Waals surface area contributed by atoms with Crippen LogP contribution in [-0.2, 0) is 25.7 Å². The van der Waals surface area contributed by atoms with Gasteiger partial charge in [0, 0.05) is 106 Å². The van der Waals surface area contributed by atoms with Gasteiger partial charge in [0.15, 0.2) is 0 Å². The van der Waals surface area contributed by atoms with E-state index in [-0.39, 0.29) is 31.2 Å². The number of carbonyl (C=O) groups is 5. The number of halogens is 2. The normalized spacial score (nSPS) is 19.4. The number of piperidine rings is 2. The van der Waals surface area contributed by atoms with Crippen molar-refractivity contribution in [3.05, 3.63) is 108 Å². The van der Waals surface area contributed by atoms with Gasteiger partial charge >= 0.3 is 0 Å². The molecule has 364 valence electrons. The minimum atomic E-state index is -1.18. The van der Waals surface area contributed by atoms with Crippen molar-refractivity contribution in [2.45, 2.75) is 51.1 Å². The number of hydrogen-bond donors (Lipinski definition) is 4. The van der Waals surface area contributed by atoms with Crippen molar-refractivity contribution in [1.82, 2.24) is 25.0 Å². The molecule has 18 heteroatoms. The second-order valence-corrected chi connectivity index (χ2v) is 18.8. The molecular weight excluding hydrogens is 901 g/mol. The lowest BCUT2D eigenvalue weighted by Crippen LogP contribution is -2.52. The molecule has 5 heterocycles. The summed E-state index contributed by atoms with van der Waals surface area (Å²) in [5, 5.41) is 11.9. The van der Waals surface area contributed by atoms with Gasteiger partial charge in [-0.3, -0.25) is 39.2 Å². The Hall–Kier alpha value is -7.18. The Morgan fingerprint density at radius 2 is 1.50 bits per heavy atom. The van der Waals surface area contributed by atoms with E-state index in [9.17, 15) is 28.4 Å². The third-order valence-electron chi connectivity index (χ3n) is 14.4. The summed E-state index contributed by atoms with van der Waals surface area (Å²) in [5.41, 5.74) is 2.75. The SMILES string of the molecule is COc1cc2c(Oc3ccc(NC(=O)C4(C(=O)Nc5ccc(F)cc5)CC4)cc3)ccnc2cc1N1CCC(CN2CCN(CCNc3c(F)ccc4c3CN([C@H]3CCC(=O)NC3=O)C4=O)CC2)CC1. The first kappa shape index (κ1) is 46.5. The largest absolute Gasteiger partial charge is 0.495 e. The number of piperazine rings is 1. The first-order chi connectivity index (χ1) is 33.9. The Bertz CT molecular complexity index is 2830. The number of rotatable bonds is 15. The third kappa shape index (κ3) is 9.70. The first-order valence-corrected chi connectivity index (χ1v) is 24.0. The van der Waals surface area contributed by atoms with E-state index in [1.54, 1.807) is 43.6 Å². The van der Waals surface area contributed by atoms with Crippen molar-refractivity contribution in [3.63, 3.8) is 0 Å². The van der Waals surface area contributed by atoms with Crippen molar-refractivity contribution in [3.8, 4) is 17.2 Å². The summed E-state index contributed by atoms with van der Waals surface area (Å²) in [6, 6.07) is 20.2. The predicted molar refractivity (Wildman–Crippen MR) is 259 cm³/mol. The molecule has 1 aromatic heterocycles. The molecule has 10 rings (SSSR count). The Kier molecular flexibility index (Phi) is 13.1. The number of anilines is 4. The number of imide groups is 1. The molecule has 70 heavy (non-hydrogen) atoms. The molecule has 4 fully saturated rings. The van der Waals surface area contributed by atoms with Gasteiger partial charge in [-0.1, -0.05) is 0 Å². The first-order valence-electron chi connectivity index (χ1n) is 24.0. The van der Waals surface area contributed by atoms with E-state index >= 15 is 4.39 Å². The number of nitrogens with zero attached hydrogens (tertiary/aromatic N) is 5. The van der Waals surface area contributed by atoms with Crippen LogP contribution in [-0.4, -0.2) is 121 Å². The van der Waals surface area contributed by atoms with Gasteiger partial charge in [0.1, 0.15) is 40.3 Å². The van der Waals surface area contributed by atoms with E-state index in [1.807, 2.05) is 6.07 Å². The summed E-state index contributed by atoms with van der Waals surface area (Å²) in [6.45, 7) is 7.83. The molecule has 0 spiro atoms. The van der Waals surface area contributed by atoms with Crippen molar-refractivity contribution < 1.29 is 42.2 Å². The second kappa shape index (κ2) is 19.7. The van der Waals surface area contributed by atoms with Gasteiger partial charge in [-0.2, -0.15) is 0 Å². The summed E-state index contributed by atoms with van der Waals surface area (Å²) >= 11 is 0. The molecule has 4 N–H and O–H groups in total. The molecule has 16 nitrogen and oxygen atoms in total. The zero-order chi connectivity index (χ0) is 48.5. The maximum atomic E-state index is 15.2. The number of nitrogens with one attached hydrogen (secondary N) is 4. The number of benzene rings is 4. The van der Waals surface area contributed by atoms with Crippen LogP contribution in [0.4, 0.5) is 31.5 Å². The Balaban J connectivity index is 0.682. The van der Waals surface area contributed by atoms with E-state index in [1.165, 1.54) is 41.3 Å². The molecule has 0 radical (unpaired) electrons. The summed E-state index contributed by atoms with van der Waals surface area (Å²) in [5.74, 6) is -0.402. The lowest BCUT2D eigenvalue weighted by Gasteiger charge is -2.39. The molecule has 3 saturated heterocycles. The van der Waals surface area contributed by atoms with E-state index in [4.69, 9.17) is 9.47 Å². The summed E-state index contributed by atoms with van der Waals surface area (Å²) < 4.78 is 40.8. The highest BCUT2D eigenvalue weighted by Crippen LogP contribution is 2.48. The van der Waals surface area contributed by atoms with E-state index in [2.05, 4.69) is 47.0 Å². The van der Waals surface area contributed by atoms with Gasteiger partial charge in [0.25, 0.3) is 5.91 Å². The van der Waals surface area contributed by atoms with Crippen molar-refractivity contribution in [2.24, 2.45) is 11.3 Å². The monoisotopic (exact) mass is 955 g/mol. The smallest absolute Gasteiger partial charge is 0.255 e. The maximum Gasteiger partial charge on any atom is 0.255 e. The molecule has 5 aromatic rings. The molecular formula is C52H55F2N9O7. The van der Waals surface area contributed by atoms with Gasteiger partial charge in [-0.15, -0.1) is 0 Å². The lowest BCUT2D eigenvalue weighted by atomic mass is 9.95. The summed E-state index contributed by atoms with van der Waals surface area (Å²) in [7, 11) is 1.67. The topological polar surface area (TPSA) is 178 Å². The number of hydrogen-bond acceptors (Lipinski definition) is 12. The number of amides is 5. The van der Waals surface area contributed by atoms with Gasteiger partial charge in [0.05, 0.1) is 24.0 Å². The zero-order valence-electron chi connectivity index (χ0n) is 38.9. The Morgan fingerprint density at radius 3 is 2.17 bits per heavy atom. The third-order valence-corrected chi connectivity index (χ3v) is 14.4. The maximum absolute atomic E-state index is 15.2. The van der Waals surface area contributed by atoms with Crippen molar-refractivity contribution >= 4 is 63.2 Å². The molecule has 5 aliphatic rings. The second-order valence-electron chi connectivity index (χ2n) is 18.8. The van der Waals surface area contributed by atoms with E-state index in [0.29, 0.717) is 65.0 Å². The minimum absolute atomic E-state index is 0.113. The average molecular weight is 956 g/mol. The fraction of sp³-hybridized carbons (Fsp3) is 0.385. The summed E-state index contributed by atoms with van der Waals surface area (Å²) in [4.78, 5) is 77.1. The molecule has 4 aliphatic heterocycles. The van der Waals surface area contributed by atoms with E-state index in [0.717, 1.165) is 87.5 Å².